The Balaban J connectivity index is 2.81. The van der Waals surface area contributed by atoms with Crippen LogP contribution in [-0.4, -0.2) is 14.1 Å². The Hall–Kier alpha value is -2.28. The van der Waals surface area contributed by atoms with Gasteiger partial charge in [0.25, 0.3) is 0 Å². The first-order valence-corrected chi connectivity index (χ1v) is 4.76. The molecule has 16 heavy (non-hydrogen) atoms. The molecular formula is C12H10N2O2. The van der Waals surface area contributed by atoms with Gasteiger partial charge in [0.05, 0.1) is 5.39 Å². The van der Waals surface area contributed by atoms with E-state index in [1.807, 2.05) is 31.1 Å². The maximum atomic E-state index is 11.8. The second-order valence-electron chi connectivity index (χ2n) is 3.67. The molecule has 0 spiro atoms. The Morgan fingerprint density at radius 3 is 2.75 bits per heavy atom. The van der Waals surface area contributed by atoms with Crippen molar-refractivity contribution in [3.63, 3.8) is 0 Å². The first-order valence-electron chi connectivity index (χ1n) is 4.76. The summed E-state index contributed by atoms with van der Waals surface area (Å²) in [7, 11) is 3.77. The van der Waals surface area contributed by atoms with E-state index >= 15 is 0 Å². The zero-order valence-electron chi connectivity index (χ0n) is 9.02. The highest BCUT2D eigenvalue weighted by molar-refractivity contribution is 5.81. The maximum Gasteiger partial charge on any atom is 0.210 e. The topological polar surface area (TPSA) is 57.2 Å². The first-order chi connectivity index (χ1) is 7.63. The van der Waals surface area contributed by atoms with E-state index in [0.717, 1.165) is 5.69 Å². The van der Waals surface area contributed by atoms with Gasteiger partial charge in [-0.1, -0.05) is 0 Å². The molecule has 0 saturated heterocycles. The lowest BCUT2D eigenvalue weighted by molar-refractivity contribution is 0.600. The number of hydrogen-bond donors (Lipinski definition) is 0. The van der Waals surface area contributed by atoms with Gasteiger partial charge in [-0.3, -0.25) is 4.79 Å². The van der Waals surface area contributed by atoms with Crippen molar-refractivity contribution in [3.8, 4) is 6.07 Å². The molecule has 2 rings (SSSR count). The van der Waals surface area contributed by atoms with E-state index in [2.05, 4.69) is 0 Å². The van der Waals surface area contributed by atoms with Gasteiger partial charge in [-0.2, -0.15) is 5.26 Å². The normalized spacial score (nSPS) is 10.1. The molecule has 0 radical (unpaired) electrons. The van der Waals surface area contributed by atoms with Gasteiger partial charge in [0.2, 0.25) is 5.43 Å². The molecular weight excluding hydrogens is 204 g/mol. The Bertz CT molecular complexity index is 635. The van der Waals surface area contributed by atoms with E-state index in [4.69, 9.17) is 9.68 Å². The Morgan fingerprint density at radius 1 is 1.38 bits per heavy atom. The van der Waals surface area contributed by atoms with Crippen LogP contribution in [0.5, 0.6) is 0 Å². The predicted octanol–water partition coefficient (Wildman–Crippen LogP) is 1.73. The van der Waals surface area contributed by atoms with Gasteiger partial charge in [0.15, 0.2) is 0 Å². The highest BCUT2D eigenvalue weighted by Gasteiger charge is 2.07. The van der Waals surface area contributed by atoms with Crippen molar-refractivity contribution >= 4 is 16.7 Å². The molecule has 0 aliphatic carbocycles. The summed E-state index contributed by atoms with van der Waals surface area (Å²) < 4.78 is 5.21. The molecule has 4 nitrogen and oxygen atoms in total. The molecule has 4 heteroatoms. The largest absolute Gasteiger partial charge is 0.463 e. The molecule has 1 aromatic carbocycles. The SMILES string of the molecule is CN(C)c1ccc2occ(C#N)c(=O)c2c1. The van der Waals surface area contributed by atoms with Gasteiger partial charge in [-0.15, -0.1) is 0 Å². The van der Waals surface area contributed by atoms with Crippen LogP contribution in [0.3, 0.4) is 0 Å². The van der Waals surface area contributed by atoms with E-state index < -0.39 is 0 Å². The standard InChI is InChI=1S/C12H10N2O2/c1-14(2)9-3-4-11-10(5-9)12(15)8(6-13)7-16-11/h3-5,7H,1-2H3. The fraction of sp³-hybridized carbons (Fsp3) is 0.167. The summed E-state index contributed by atoms with van der Waals surface area (Å²) >= 11 is 0. The molecule has 0 saturated carbocycles. The molecule has 0 atom stereocenters. The van der Waals surface area contributed by atoms with Crippen molar-refractivity contribution in [3.05, 3.63) is 40.2 Å². The summed E-state index contributed by atoms with van der Waals surface area (Å²) in [4.78, 5) is 13.7. The van der Waals surface area contributed by atoms with Crippen LogP contribution in [0.25, 0.3) is 11.0 Å². The Kier molecular flexibility index (Phi) is 2.37. The minimum absolute atomic E-state index is 0.0309. The fourth-order valence-electron chi connectivity index (χ4n) is 1.47. The summed E-state index contributed by atoms with van der Waals surface area (Å²) in [5.41, 5.74) is 1.14. The molecule has 1 aromatic heterocycles. The van der Waals surface area contributed by atoms with Crippen LogP contribution < -0.4 is 10.3 Å². The maximum absolute atomic E-state index is 11.8. The van der Waals surface area contributed by atoms with Gasteiger partial charge < -0.3 is 9.32 Å². The van der Waals surface area contributed by atoms with Gasteiger partial charge in [0, 0.05) is 19.8 Å². The average molecular weight is 214 g/mol. The van der Waals surface area contributed by atoms with Crippen molar-refractivity contribution in [2.75, 3.05) is 19.0 Å². The van der Waals surface area contributed by atoms with Crippen LogP contribution in [0.2, 0.25) is 0 Å². The molecule has 80 valence electrons. The molecule has 0 aliphatic rings. The van der Waals surface area contributed by atoms with E-state index in [9.17, 15) is 4.79 Å². The summed E-state index contributed by atoms with van der Waals surface area (Å²) in [5.74, 6) is 0. The van der Waals surface area contributed by atoms with Crippen LogP contribution in [0.1, 0.15) is 5.56 Å². The fourth-order valence-corrected chi connectivity index (χ4v) is 1.47. The number of benzene rings is 1. The average Bonchev–Trinajstić information content (AvgIpc) is 2.29. The summed E-state index contributed by atoms with van der Waals surface area (Å²) in [6, 6.07) is 7.13. The van der Waals surface area contributed by atoms with Crippen LogP contribution in [0.4, 0.5) is 5.69 Å². The molecule has 0 aliphatic heterocycles. The van der Waals surface area contributed by atoms with Gasteiger partial charge >= 0.3 is 0 Å². The molecule has 0 bridgehead atoms. The van der Waals surface area contributed by atoms with Gasteiger partial charge in [-0.25, -0.2) is 0 Å². The number of nitriles is 1. The summed E-state index contributed by atoms with van der Waals surface area (Å²) in [6.07, 6.45) is 1.19. The summed E-state index contributed by atoms with van der Waals surface area (Å²) in [6.45, 7) is 0. The number of anilines is 1. The zero-order chi connectivity index (χ0) is 11.7. The Morgan fingerprint density at radius 2 is 2.12 bits per heavy atom. The van der Waals surface area contributed by atoms with Crippen LogP contribution in [0.15, 0.2) is 33.7 Å². The second kappa shape index (κ2) is 3.70. The lowest BCUT2D eigenvalue weighted by Crippen LogP contribution is -2.10. The van der Waals surface area contributed by atoms with E-state index in [0.29, 0.717) is 11.0 Å². The summed E-state index contributed by atoms with van der Waals surface area (Å²) in [5, 5.41) is 9.17. The second-order valence-corrected chi connectivity index (χ2v) is 3.67. The minimum Gasteiger partial charge on any atom is -0.463 e. The van der Waals surface area contributed by atoms with Crippen molar-refractivity contribution in [1.82, 2.24) is 0 Å². The number of rotatable bonds is 1. The van der Waals surface area contributed by atoms with Crippen molar-refractivity contribution in [2.45, 2.75) is 0 Å². The molecule has 0 N–H and O–H groups in total. The van der Waals surface area contributed by atoms with E-state index in [1.54, 1.807) is 12.1 Å². The lowest BCUT2D eigenvalue weighted by atomic mass is 10.1. The minimum atomic E-state index is -0.285. The number of hydrogen-bond acceptors (Lipinski definition) is 4. The smallest absolute Gasteiger partial charge is 0.210 e. The predicted molar refractivity (Wildman–Crippen MR) is 61.5 cm³/mol. The van der Waals surface area contributed by atoms with Gasteiger partial charge in [-0.05, 0) is 18.2 Å². The van der Waals surface area contributed by atoms with Crippen LogP contribution >= 0.6 is 0 Å². The van der Waals surface area contributed by atoms with Crippen LogP contribution in [-0.2, 0) is 0 Å². The van der Waals surface area contributed by atoms with Crippen molar-refractivity contribution in [1.29, 1.82) is 5.26 Å². The molecule has 2 aromatic rings. The molecule has 1 heterocycles. The van der Waals surface area contributed by atoms with E-state index in [1.165, 1.54) is 6.26 Å². The van der Waals surface area contributed by atoms with Crippen LogP contribution in [0, 0.1) is 11.3 Å². The van der Waals surface area contributed by atoms with E-state index in [-0.39, 0.29) is 11.0 Å². The monoisotopic (exact) mass is 214 g/mol. The zero-order valence-corrected chi connectivity index (χ0v) is 9.02. The number of fused-ring (bicyclic) bond motifs is 1. The first kappa shape index (κ1) is 10.2. The Labute approximate surface area is 92.3 Å². The number of nitrogens with zero attached hydrogens (tertiary/aromatic N) is 2. The lowest BCUT2D eigenvalue weighted by Gasteiger charge is -2.12. The third-order valence-electron chi connectivity index (χ3n) is 2.39. The molecule has 0 fully saturated rings. The quantitative estimate of drug-likeness (QED) is 0.725. The van der Waals surface area contributed by atoms with Crippen molar-refractivity contribution in [2.24, 2.45) is 0 Å². The third kappa shape index (κ3) is 1.52. The third-order valence-corrected chi connectivity index (χ3v) is 2.39. The highest BCUT2D eigenvalue weighted by Crippen LogP contribution is 2.18. The molecule has 0 amide bonds. The van der Waals surface area contributed by atoms with Crippen molar-refractivity contribution < 1.29 is 4.42 Å². The van der Waals surface area contributed by atoms with Gasteiger partial charge in [0.1, 0.15) is 23.5 Å². The molecule has 0 unspecified atom stereocenters. The highest BCUT2D eigenvalue weighted by atomic mass is 16.3.